The number of nitrogens with one attached hydrogen (secondary N) is 2. The fourth-order valence-electron chi connectivity index (χ4n) is 2.47. The predicted molar refractivity (Wildman–Crippen MR) is 101 cm³/mol. The number of sulfone groups is 1. The van der Waals surface area contributed by atoms with Gasteiger partial charge < -0.3 is 15.4 Å². The molecule has 2 amide bonds. The molecular weight excluding hydrogens is 392 g/mol. The van der Waals surface area contributed by atoms with Crippen molar-refractivity contribution in [2.24, 2.45) is 0 Å². The number of likely N-dealkylation sites (N-methyl/N-ethyl adjacent to an activating group) is 1. The van der Waals surface area contributed by atoms with Gasteiger partial charge in [-0.15, -0.1) is 11.8 Å². The molecule has 1 aromatic rings. The lowest BCUT2D eigenvalue weighted by atomic mass is 10.2. The van der Waals surface area contributed by atoms with Crippen LogP contribution < -0.4 is 10.6 Å². The van der Waals surface area contributed by atoms with Crippen molar-refractivity contribution in [1.29, 1.82) is 0 Å². The Balaban J connectivity index is 1.89. The summed E-state index contributed by atoms with van der Waals surface area (Å²) >= 11 is 1.33. The van der Waals surface area contributed by atoms with E-state index in [1.165, 1.54) is 11.8 Å². The van der Waals surface area contributed by atoms with Gasteiger partial charge in [-0.1, -0.05) is 12.1 Å². The van der Waals surface area contributed by atoms with Crippen molar-refractivity contribution in [3.63, 3.8) is 0 Å². The van der Waals surface area contributed by atoms with E-state index in [-0.39, 0.29) is 34.8 Å². The van der Waals surface area contributed by atoms with Crippen LogP contribution in [-0.2, 0) is 24.2 Å². The summed E-state index contributed by atoms with van der Waals surface area (Å²) in [5.74, 6) is -1.34. The van der Waals surface area contributed by atoms with E-state index in [1.807, 2.05) is 0 Å². The van der Waals surface area contributed by atoms with E-state index in [9.17, 15) is 22.8 Å². The van der Waals surface area contributed by atoms with Crippen LogP contribution in [-0.4, -0.2) is 62.7 Å². The maximum Gasteiger partial charge on any atom is 0.339 e. The number of hydrogen-bond acceptors (Lipinski definition) is 7. The molecular formula is C17H22N2O6S2. The minimum absolute atomic E-state index is 0.0866. The lowest BCUT2D eigenvalue weighted by molar-refractivity contribution is -0.127. The van der Waals surface area contributed by atoms with Crippen molar-refractivity contribution < 1.29 is 27.5 Å². The predicted octanol–water partition coefficient (Wildman–Crippen LogP) is 0.375. The zero-order chi connectivity index (χ0) is 19.9. The molecule has 1 heterocycles. The van der Waals surface area contributed by atoms with Crippen molar-refractivity contribution >= 4 is 39.4 Å². The number of thioether (sulfide) groups is 1. The summed E-state index contributed by atoms with van der Waals surface area (Å²) in [4.78, 5) is 35.9. The Kier molecular flexibility index (Phi) is 7.66. The maximum absolute atomic E-state index is 12.3. The van der Waals surface area contributed by atoms with Crippen LogP contribution in [0.2, 0.25) is 0 Å². The minimum Gasteiger partial charge on any atom is -0.452 e. The zero-order valence-electron chi connectivity index (χ0n) is 14.9. The Morgan fingerprint density at radius 1 is 1.19 bits per heavy atom. The molecule has 1 atom stereocenters. The summed E-state index contributed by atoms with van der Waals surface area (Å²) in [6.07, 6.45) is 0.540. The van der Waals surface area contributed by atoms with Gasteiger partial charge in [-0.2, -0.15) is 0 Å². The van der Waals surface area contributed by atoms with Crippen molar-refractivity contribution in [3.8, 4) is 0 Å². The average Bonchev–Trinajstić information content (AvgIpc) is 2.97. The van der Waals surface area contributed by atoms with Crippen LogP contribution >= 0.6 is 11.8 Å². The lowest BCUT2D eigenvalue weighted by Crippen LogP contribution is -2.38. The fourth-order valence-corrected chi connectivity index (χ4v) is 6.09. The molecule has 2 N–H and O–H groups in total. The monoisotopic (exact) mass is 414 g/mol. The summed E-state index contributed by atoms with van der Waals surface area (Å²) < 4.78 is 28.2. The second kappa shape index (κ2) is 9.75. The number of carbonyl (C=O) groups is 3. The van der Waals surface area contributed by atoms with Gasteiger partial charge in [0, 0.05) is 16.7 Å². The lowest BCUT2D eigenvalue weighted by Gasteiger charge is -2.12. The van der Waals surface area contributed by atoms with Crippen LogP contribution in [0.25, 0.3) is 0 Å². The number of benzene rings is 1. The van der Waals surface area contributed by atoms with Crippen molar-refractivity contribution in [1.82, 2.24) is 10.6 Å². The van der Waals surface area contributed by atoms with Crippen LogP contribution in [0, 0.1) is 0 Å². The number of esters is 1. The number of hydrogen-bond donors (Lipinski definition) is 2. The van der Waals surface area contributed by atoms with Crippen molar-refractivity contribution in [2.75, 3.05) is 31.2 Å². The summed E-state index contributed by atoms with van der Waals surface area (Å²) in [5, 5.41) is 4.78. The molecule has 1 aromatic carbocycles. The molecule has 1 aliphatic rings. The standard InChI is InChI=1S/C17H22N2O6S2/c1-2-18-15(20)9-19-16(21)10-25-17(22)13-5-3-4-6-14(13)26-12-7-8-27(23,24)11-12/h3-6,12H,2,7-11H2,1H3,(H,18,20)(H,19,21)/t12-/m0/s1. The van der Waals surface area contributed by atoms with Gasteiger partial charge in [-0.05, 0) is 25.5 Å². The Hall–Kier alpha value is -2.07. The summed E-state index contributed by atoms with van der Waals surface area (Å²) in [6, 6.07) is 6.71. The summed E-state index contributed by atoms with van der Waals surface area (Å²) in [7, 11) is -3.01. The van der Waals surface area contributed by atoms with E-state index in [0.717, 1.165) is 0 Å². The second-order valence-electron chi connectivity index (χ2n) is 5.95. The van der Waals surface area contributed by atoms with E-state index in [1.54, 1.807) is 31.2 Å². The maximum atomic E-state index is 12.3. The zero-order valence-corrected chi connectivity index (χ0v) is 16.5. The third-order valence-corrected chi connectivity index (χ3v) is 7.07. The molecule has 2 rings (SSSR count). The second-order valence-corrected chi connectivity index (χ2v) is 9.52. The van der Waals surface area contributed by atoms with Gasteiger partial charge in [-0.3, -0.25) is 9.59 Å². The number of amides is 2. The first-order chi connectivity index (χ1) is 12.8. The van der Waals surface area contributed by atoms with Crippen LogP contribution in [0.3, 0.4) is 0 Å². The fraction of sp³-hybridized carbons (Fsp3) is 0.471. The largest absolute Gasteiger partial charge is 0.452 e. The SMILES string of the molecule is CCNC(=O)CNC(=O)COC(=O)c1ccccc1S[C@H]1CCS(=O)(=O)C1. The highest BCUT2D eigenvalue weighted by molar-refractivity contribution is 8.02. The van der Waals surface area contributed by atoms with Crippen LogP contribution in [0.5, 0.6) is 0 Å². The molecule has 1 aliphatic heterocycles. The van der Waals surface area contributed by atoms with Crippen LogP contribution in [0.1, 0.15) is 23.7 Å². The minimum atomic E-state index is -3.01. The van der Waals surface area contributed by atoms with Gasteiger partial charge in [0.2, 0.25) is 5.91 Å². The molecule has 0 saturated carbocycles. The molecule has 1 saturated heterocycles. The molecule has 0 spiro atoms. The van der Waals surface area contributed by atoms with Crippen LogP contribution in [0.4, 0.5) is 0 Å². The molecule has 0 bridgehead atoms. The first kappa shape index (κ1) is 21.2. The Labute approximate surface area is 162 Å². The van der Waals surface area contributed by atoms with Gasteiger partial charge in [0.25, 0.3) is 5.91 Å². The van der Waals surface area contributed by atoms with Gasteiger partial charge in [0.05, 0.1) is 23.6 Å². The van der Waals surface area contributed by atoms with Gasteiger partial charge in [0.15, 0.2) is 16.4 Å². The molecule has 0 aliphatic carbocycles. The highest BCUT2D eigenvalue weighted by Gasteiger charge is 2.29. The van der Waals surface area contributed by atoms with E-state index in [4.69, 9.17) is 4.74 Å². The molecule has 1 fully saturated rings. The van der Waals surface area contributed by atoms with Gasteiger partial charge in [0.1, 0.15) is 0 Å². The normalized spacial score (nSPS) is 17.9. The highest BCUT2D eigenvalue weighted by Crippen LogP contribution is 2.33. The van der Waals surface area contributed by atoms with E-state index in [0.29, 0.717) is 17.9 Å². The molecule has 0 aromatic heterocycles. The van der Waals surface area contributed by atoms with Crippen molar-refractivity contribution in [2.45, 2.75) is 23.5 Å². The van der Waals surface area contributed by atoms with Crippen LogP contribution in [0.15, 0.2) is 29.2 Å². The topological polar surface area (TPSA) is 119 Å². The number of carbonyl (C=O) groups excluding carboxylic acids is 3. The van der Waals surface area contributed by atoms with Gasteiger partial charge >= 0.3 is 5.97 Å². The van der Waals surface area contributed by atoms with E-state index < -0.39 is 28.3 Å². The van der Waals surface area contributed by atoms with E-state index >= 15 is 0 Å². The number of rotatable bonds is 8. The number of ether oxygens (including phenoxy) is 1. The summed E-state index contributed by atoms with van der Waals surface area (Å²) in [6.45, 7) is 1.53. The Morgan fingerprint density at radius 2 is 1.93 bits per heavy atom. The van der Waals surface area contributed by atoms with Crippen molar-refractivity contribution in [3.05, 3.63) is 29.8 Å². The summed E-state index contributed by atoms with van der Waals surface area (Å²) in [5.41, 5.74) is 0.281. The molecule has 8 nitrogen and oxygen atoms in total. The smallest absolute Gasteiger partial charge is 0.339 e. The molecule has 148 valence electrons. The third kappa shape index (κ3) is 6.87. The average molecular weight is 415 g/mol. The third-order valence-electron chi connectivity index (χ3n) is 3.75. The van der Waals surface area contributed by atoms with E-state index in [2.05, 4.69) is 10.6 Å². The Bertz CT molecular complexity index is 809. The van der Waals surface area contributed by atoms with Gasteiger partial charge in [-0.25, -0.2) is 13.2 Å². The highest BCUT2D eigenvalue weighted by atomic mass is 32.2. The molecule has 0 unspecified atom stereocenters. The first-order valence-corrected chi connectivity index (χ1v) is 11.2. The molecule has 10 heteroatoms. The quantitative estimate of drug-likeness (QED) is 0.590. The molecule has 27 heavy (non-hydrogen) atoms. The molecule has 0 radical (unpaired) electrons. The first-order valence-electron chi connectivity index (χ1n) is 8.47. The Morgan fingerprint density at radius 3 is 2.59 bits per heavy atom.